The minimum Gasteiger partial charge on any atom is -0.275 e. The van der Waals surface area contributed by atoms with Gasteiger partial charge in [-0.05, 0) is 44.5 Å². The summed E-state index contributed by atoms with van der Waals surface area (Å²) in [6.45, 7) is 5.59. The van der Waals surface area contributed by atoms with E-state index in [1.165, 1.54) is 6.07 Å². The van der Waals surface area contributed by atoms with Gasteiger partial charge in [-0.25, -0.2) is 24.3 Å². The SMILES string of the molecule is Cc1ccc(-c2nc(-c3cncc(-c4cnn(C)c4)c3)nc3nc(C)c(C)nc23)c(F)c1. The first-order valence-corrected chi connectivity index (χ1v) is 10.1. The Hall–Kier alpha value is -4.07. The van der Waals surface area contributed by atoms with Crippen LogP contribution >= 0.6 is 0 Å². The third kappa shape index (κ3) is 3.49. The molecular formula is C24H20FN7. The largest absolute Gasteiger partial charge is 0.275 e. The topological polar surface area (TPSA) is 82.3 Å². The maximum Gasteiger partial charge on any atom is 0.182 e. The highest BCUT2D eigenvalue weighted by atomic mass is 19.1. The quantitative estimate of drug-likeness (QED) is 0.420. The van der Waals surface area contributed by atoms with E-state index >= 15 is 0 Å². The van der Waals surface area contributed by atoms with E-state index in [4.69, 9.17) is 4.98 Å². The molecule has 0 aliphatic rings. The number of rotatable bonds is 3. The van der Waals surface area contributed by atoms with Crippen molar-refractivity contribution in [2.75, 3.05) is 0 Å². The molecular weight excluding hydrogens is 405 g/mol. The summed E-state index contributed by atoms with van der Waals surface area (Å²) in [5.41, 5.74) is 6.51. The first kappa shape index (κ1) is 19.9. The third-order valence-corrected chi connectivity index (χ3v) is 5.36. The fourth-order valence-electron chi connectivity index (χ4n) is 3.53. The molecule has 0 aliphatic carbocycles. The minimum atomic E-state index is -0.363. The van der Waals surface area contributed by atoms with Gasteiger partial charge in [-0.15, -0.1) is 0 Å². The Labute approximate surface area is 184 Å². The Balaban J connectivity index is 1.75. The van der Waals surface area contributed by atoms with Crippen LogP contribution < -0.4 is 0 Å². The van der Waals surface area contributed by atoms with Crippen LogP contribution in [0.5, 0.6) is 0 Å². The molecule has 5 rings (SSSR count). The van der Waals surface area contributed by atoms with Crippen LogP contribution in [0.25, 0.3) is 44.9 Å². The Morgan fingerprint density at radius 1 is 0.812 bits per heavy atom. The standard InChI is InChI=1S/C24H20FN7/c1-13-5-6-19(20(25)7-13)21-22-24(29-15(3)14(2)28-22)31-23(30-21)17-8-16(9-26-10-17)18-11-27-32(4)12-18/h5-12H,1-4H3. The zero-order valence-electron chi connectivity index (χ0n) is 18.1. The Morgan fingerprint density at radius 3 is 2.34 bits per heavy atom. The number of fused-ring (bicyclic) bond motifs is 1. The monoisotopic (exact) mass is 425 g/mol. The van der Waals surface area contributed by atoms with Crippen LogP contribution in [-0.2, 0) is 7.05 Å². The number of benzene rings is 1. The van der Waals surface area contributed by atoms with Gasteiger partial charge in [0.1, 0.15) is 17.0 Å². The van der Waals surface area contributed by atoms with Gasteiger partial charge in [-0.2, -0.15) is 5.10 Å². The van der Waals surface area contributed by atoms with Crippen molar-refractivity contribution in [1.29, 1.82) is 0 Å². The molecule has 4 heterocycles. The average molecular weight is 425 g/mol. The Bertz CT molecular complexity index is 1490. The molecule has 7 nitrogen and oxygen atoms in total. The maximum absolute atomic E-state index is 14.9. The fourth-order valence-corrected chi connectivity index (χ4v) is 3.53. The first-order chi connectivity index (χ1) is 15.4. The van der Waals surface area contributed by atoms with Gasteiger partial charge in [0.15, 0.2) is 11.5 Å². The molecule has 0 saturated carbocycles. The van der Waals surface area contributed by atoms with E-state index in [1.54, 1.807) is 29.3 Å². The number of hydrogen-bond acceptors (Lipinski definition) is 6. The molecule has 32 heavy (non-hydrogen) atoms. The molecule has 0 unspecified atom stereocenters. The lowest BCUT2D eigenvalue weighted by molar-refractivity contribution is 0.629. The van der Waals surface area contributed by atoms with Crippen molar-refractivity contribution < 1.29 is 4.39 Å². The summed E-state index contributed by atoms with van der Waals surface area (Å²) in [7, 11) is 1.86. The summed E-state index contributed by atoms with van der Waals surface area (Å²) < 4.78 is 16.7. The molecule has 0 radical (unpaired) electrons. The van der Waals surface area contributed by atoms with Crippen LogP contribution in [0.4, 0.5) is 4.39 Å². The van der Waals surface area contributed by atoms with Crippen LogP contribution in [0.3, 0.4) is 0 Å². The number of pyridine rings is 1. The van der Waals surface area contributed by atoms with Crippen LogP contribution in [0.2, 0.25) is 0 Å². The predicted octanol–water partition coefficient (Wildman–Crippen LogP) is 4.61. The molecule has 0 aliphatic heterocycles. The maximum atomic E-state index is 14.9. The molecule has 4 aromatic heterocycles. The van der Waals surface area contributed by atoms with Crippen LogP contribution in [0, 0.1) is 26.6 Å². The van der Waals surface area contributed by atoms with E-state index in [9.17, 15) is 4.39 Å². The lowest BCUT2D eigenvalue weighted by Gasteiger charge is -2.11. The summed E-state index contributed by atoms with van der Waals surface area (Å²) >= 11 is 0. The molecule has 0 amide bonds. The second-order valence-electron chi connectivity index (χ2n) is 7.81. The number of aromatic nitrogens is 7. The van der Waals surface area contributed by atoms with Gasteiger partial charge in [0, 0.05) is 47.9 Å². The summed E-state index contributed by atoms with van der Waals surface area (Å²) in [4.78, 5) is 23.0. The molecule has 0 fully saturated rings. The van der Waals surface area contributed by atoms with Crippen molar-refractivity contribution in [2.24, 2.45) is 7.05 Å². The van der Waals surface area contributed by atoms with E-state index in [-0.39, 0.29) is 5.82 Å². The first-order valence-electron chi connectivity index (χ1n) is 10.1. The lowest BCUT2D eigenvalue weighted by Crippen LogP contribution is -2.03. The minimum absolute atomic E-state index is 0.359. The van der Waals surface area contributed by atoms with Crippen molar-refractivity contribution in [2.45, 2.75) is 20.8 Å². The van der Waals surface area contributed by atoms with E-state index in [1.807, 2.05) is 46.1 Å². The van der Waals surface area contributed by atoms with Gasteiger partial charge >= 0.3 is 0 Å². The van der Waals surface area contributed by atoms with Gasteiger partial charge in [0.2, 0.25) is 0 Å². The second-order valence-corrected chi connectivity index (χ2v) is 7.81. The molecule has 1 aromatic carbocycles. The Kier molecular flexibility index (Phi) is 4.70. The molecule has 0 saturated heterocycles. The van der Waals surface area contributed by atoms with Crippen molar-refractivity contribution in [3.63, 3.8) is 0 Å². The van der Waals surface area contributed by atoms with Crippen LogP contribution in [0.15, 0.2) is 49.1 Å². The van der Waals surface area contributed by atoms with Crippen molar-refractivity contribution >= 4 is 11.2 Å². The highest BCUT2D eigenvalue weighted by molar-refractivity contribution is 5.89. The normalized spacial score (nSPS) is 11.3. The summed E-state index contributed by atoms with van der Waals surface area (Å²) in [6.07, 6.45) is 7.12. The van der Waals surface area contributed by atoms with E-state index in [0.717, 1.165) is 28.1 Å². The number of halogens is 1. The highest BCUT2D eigenvalue weighted by Gasteiger charge is 2.18. The van der Waals surface area contributed by atoms with Crippen molar-refractivity contribution in [1.82, 2.24) is 34.7 Å². The van der Waals surface area contributed by atoms with Gasteiger partial charge in [0.25, 0.3) is 0 Å². The summed E-state index contributed by atoms with van der Waals surface area (Å²) in [6, 6.07) is 7.00. The summed E-state index contributed by atoms with van der Waals surface area (Å²) in [5.74, 6) is 0.0430. The molecule has 158 valence electrons. The summed E-state index contributed by atoms with van der Waals surface area (Å²) in [5, 5.41) is 4.22. The van der Waals surface area contributed by atoms with Gasteiger partial charge in [-0.3, -0.25) is 9.67 Å². The van der Waals surface area contributed by atoms with Gasteiger partial charge in [0.05, 0.1) is 17.6 Å². The molecule has 5 aromatic rings. The van der Waals surface area contributed by atoms with E-state index in [0.29, 0.717) is 33.8 Å². The van der Waals surface area contributed by atoms with Crippen LogP contribution in [0.1, 0.15) is 17.0 Å². The zero-order chi connectivity index (χ0) is 22.4. The van der Waals surface area contributed by atoms with Crippen LogP contribution in [-0.4, -0.2) is 34.7 Å². The second kappa shape index (κ2) is 7.56. The van der Waals surface area contributed by atoms with E-state index < -0.39 is 0 Å². The average Bonchev–Trinajstić information content (AvgIpc) is 3.21. The lowest BCUT2D eigenvalue weighted by atomic mass is 10.1. The number of aryl methyl sites for hydroxylation is 4. The Morgan fingerprint density at radius 2 is 1.59 bits per heavy atom. The van der Waals surface area contributed by atoms with Crippen molar-refractivity contribution in [3.05, 3.63) is 71.8 Å². The van der Waals surface area contributed by atoms with Gasteiger partial charge < -0.3 is 0 Å². The number of hydrogen-bond donors (Lipinski definition) is 0. The molecule has 8 heteroatoms. The van der Waals surface area contributed by atoms with Gasteiger partial charge in [-0.1, -0.05) is 6.07 Å². The highest BCUT2D eigenvalue weighted by Crippen LogP contribution is 2.31. The fraction of sp³-hybridized carbons (Fsp3) is 0.167. The predicted molar refractivity (Wildman–Crippen MR) is 120 cm³/mol. The molecule has 0 atom stereocenters. The molecule has 0 bridgehead atoms. The molecule has 0 spiro atoms. The molecule has 0 N–H and O–H groups in total. The van der Waals surface area contributed by atoms with Crippen molar-refractivity contribution in [3.8, 4) is 33.8 Å². The smallest absolute Gasteiger partial charge is 0.182 e. The third-order valence-electron chi connectivity index (χ3n) is 5.36. The van der Waals surface area contributed by atoms with E-state index in [2.05, 4.69) is 25.0 Å². The zero-order valence-corrected chi connectivity index (χ0v) is 18.1. The number of nitrogens with zero attached hydrogens (tertiary/aromatic N) is 7.